The summed E-state index contributed by atoms with van der Waals surface area (Å²) in [6, 6.07) is 8.38. The highest BCUT2D eigenvalue weighted by atomic mass is 35.5. The third-order valence-electron chi connectivity index (χ3n) is 3.06. The van der Waals surface area contributed by atoms with Gasteiger partial charge in [0.05, 0.1) is 12.2 Å². The van der Waals surface area contributed by atoms with Crippen molar-refractivity contribution in [3.05, 3.63) is 34.9 Å². The lowest BCUT2D eigenvalue weighted by molar-refractivity contribution is -0.00800. The van der Waals surface area contributed by atoms with Gasteiger partial charge in [0.1, 0.15) is 0 Å². The first-order valence-electron chi connectivity index (χ1n) is 7.17. The van der Waals surface area contributed by atoms with E-state index < -0.39 is 0 Å². The second kappa shape index (κ2) is 8.57. The van der Waals surface area contributed by atoms with Crippen molar-refractivity contribution in [2.24, 2.45) is 0 Å². The predicted molar refractivity (Wildman–Crippen MR) is 82.8 cm³/mol. The van der Waals surface area contributed by atoms with Gasteiger partial charge in [0.15, 0.2) is 0 Å². The maximum Gasteiger partial charge on any atom is 0.0967 e. The Labute approximate surface area is 122 Å². The molecule has 2 atom stereocenters. The van der Waals surface area contributed by atoms with E-state index in [2.05, 4.69) is 33.0 Å². The zero-order chi connectivity index (χ0) is 14.3. The summed E-state index contributed by atoms with van der Waals surface area (Å²) >= 11 is 6.29. The van der Waals surface area contributed by atoms with Gasteiger partial charge in [-0.3, -0.25) is 0 Å². The molecule has 2 unspecified atom stereocenters. The molecule has 0 fully saturated rings. The highest BCUT2D eigenvalue weighted by Crippen LogP contribution is 2.27. The molecule has 1 aromatic rings. The summed E-state index contributed by atoms with van der Waals surface area (Å²) in [5.74, 6) is 0. The van der Waals surface area contributed by atoms with Gasteiger partial charge >= 0.3 is 0 Å². The summed E-state index contributed by atoms with van der Waals surface area (Å²) in [6.45, 7) is 9.37. The maximum absolute atomic E-state index is 6.29. The summed E-state index contributed by atoms with van der Waals surface area (Å²) < 4.78 is 6.16. The molecular weight excluding hydrogens is 258 g/mol. The van der Waals surface area contributed by atoms with Crippen molar-refractivity contribution in [3.63, 3.8) is 0 Å². The molecule has 0 amide bonds. The fraction of sp³-hybridized carbons (Fsp3) is 0.625. The first-order chi connectivity index (χ1) is 9.04. The van der Waals surface area contributed by atoms with E-state index in [1.165, 1.54) is 0 Å². The van der Waals surface area contributed by atoms with Gasteiger partial charge in [-0.1, -0.05) is 57.0 Å². The van der Waals surface area contributed by atoms with Crippen molar-refractivity contribution in [1.82, 2.24) is 5.32 Å². The van der Waals surface area contributed by atoms with Gasteiger partial charge in [0, 0.05) is 23.2 Å². The Bertz CT molecular complexity index is 368. The van der Waals surface area contributed by atoms with Crippen molar-refractivity contribution in [3.8, 4) is 0 Å². The molecule has 1 N–H and O–H groups in total. The fourth-order valence-corrected chi connectivity index (χ4v) is 2.32. The second-order valence-electron chi connectivity index (χ2n) is 5.31. The number of nitrogens with one attached hydrogen (secondary N) is 1. The Balaban J connectivity index is 2.76. The number of benzene rings is 1. The summed E-state index contributed by atoms with van der Waals surface area (Å²) in [4.78, 5) is 0. The van der Waals surface area contributed by atoms with Crippen molar-refractivity contribution in [2.45, 2.75) is 58.8 Å². The smallest absolute Gasteiger partial charge is 0.0967 e. The summed E-state index contributed by atoms with van der Waals surface area (Å²) in [7, 11) is 0. The number of ether oxygens (including phenoxy) is 1. The normalized spacial score (nSPS) is 14.6. The molecule has 0 saturated heterocycles. The van der Waals surface area contributed by atoms with Crippen LogP contribution in [0.3, 0.4) is 0 Å². The van der Waals surface area contributed by atoms with Crippen LogP contribution >= 0.6 is 11.6 Å². The molecule has 0 aliphatic heterocycles. The second-order valence-corrected chi connectivity index (χ2v) is 5.72. The number of rotatable bonds is 8. The van der Waals surface area contributed by atoms with Gasteiger partial charge in [0.25, 0.3) is 0 Å². The summed E-state index contributed by atoms with van der Waals surface area (Å²) in [5, 5.41) is 4.21. The Morgan fingerprint density at radius 2 is 1.89 bits per heavy atom. The van der Waals surface area contributed by atoms with E-state index in [0.717, 1.165) is 30.0 Å². The van der Waals surface area contributed by atoms with E-state index in [9.17, 15) is 0 Å². The van der Waals surface area contributed by atoms with Crippen LogP contribution in [0.15, 0.2) is 24.3 Å². The number of hydrogen-bond acceptors (Lipinski definition) is 2. The molecule has 1 rings (SSSR count). The van der Waals surface area contributed by atoms with Gasteiger partial charge < -0.3 is 10.1 Å². The van der Waals surface area contributed by atoms with Crippen LogP contribution in [-0.4, -0.2) is 18.7 Å². The molecule has 3 heteroatoms. The Hall–Kier alpha value is -0.570. The minimum Gasteiger partial charge on any atom is -0.369 e. The van der Waals surface area contributed by atoms with Crippen LogP contribution < -0.4 is 5.32 Å². The third kappa shape index (κ3) is 5.94. The molecule has 0 saturated carbocycles. The molecule has 108 valence electrons. The Kier molecular flexibility index (Phi) is 7.44. The Morgan fingerprint density at radius 3 is 2.47 bits per heavy atom. The standard InChI is InChI=1S/C16H26ClNO/c1-5-8-13(4)19-16(11-18-12(2)3)14-9-6-7-10-15(14)17/h6-7,9-10,12-13,16,18H,5,8,11H2,1-4H3. The van der Waals surface area contributed by atoms with Gasteiger partial charge in [-0.2, -0.15) is 0 Å². The van der Waals surface area contributed by atoms with Gasteiger partial charge in [0.2, 0.25) is 0 Å². The molecule has 19 heavy (non-hydrogen) atoms. The molecule has 0 spiro atoms. The molecule has 2 nitrogen and oxygen atoms in total. The van der Waals surface area contributed by atoms with Crippen molar-refractivity contribution in [1.29, 1.82) is 0 Å². The van der Waals surface area contributed by atoms with Gasteiger partial charge in [-0.15, -0.1) is 0 Å². The molecule has 0 aliphatic carbocycles. The van der Waals surface area contributed by atoms with Crippen LogP contribution in [0.2, 0.25) is 5.02 Å². The van der Waals surface area contributed by atoms with Crippen molar-refractivity contribution in [2.75, 3.05) is 6.54 Å². The zero-order valence-electron chi connectivity index (χ0n) is 12.4. The SMILES string of the molecule is CCCC(C)OC(CNC(C)C)c1ccccc1Cl. The lowest BCUT2D eigenvalue weighted by Crippen LogP contribution is -2.30. The monoisotopic (exact) mass is 283 g/mol. The van der Waals surface area contributed by atoms with Crippen molar-refractivity contribution >= 4 is 11.6 Å². The first-order valence-corrected chi connectivity index (χ1v) is 7.55. The summed E-state index contributed by atoms with van der Waals surface area (Å²) in [5.41, 5.74) is 1.07. The summed E-state index contributed by atoms with van der Waals surface area (Å²) in [6.07, 6.45) is 2.47. The molecule has 1 aromatic carbocycles. The first kappa shape index (κ1) is 16.5. The molecule has 0 aromatic heterocycles. The lowest BCUT2D eigenvalue weighted by atomic mass is 10.1. The predicted octanol–water partition coefficient (Wildman–Crippen LogP) is 4.58. The van der Waals surface area contributed by atoms with Gasteiger partial charge in [-0.25, -0.2) is 0 Å². The van der Waals surface area contributed by atoms with E-state index in [-0.39, 0.29) is 12.2 Å². The third-order valence-corrected chi connectivity index (χ3v) is 3.40. The van der Waals surface area contributed by atoms with Crippen LogP contribution in [0.1, 0.15) is 52.2 Å². The molecule has 0 heterocycles. The Morgan fingerprint density at radius 1 is 1.21 bits per heavy atom. The van der Waals surface area contributed by atoms with E-state index >= 15 is 0 Å². The van der Waals surface area contributed by atoms with Crippen LogP contribution in [0.25, 0.3) is 0 Å². The highest BCUT2D eigenvalue weighted by molar-refractivity contribution is 6.31. The quantitative estimate of drug-likeness (QED) is 0.754. The van der Waals surface area contributed by atoms with E-state index in [0.29, 0.717) is 6.04 Å². The average molecular weight is 284 g/mol. The fourth-order valence-electron chi connectivity index (χ4n) is 2.07. The van der Waals surface area contributed by atoms with Crippen LogP contribution in [-0.2, 0) is 4.74 Å². The molecule has 0 radical (unpaired) electrons. The average Bonchev–Trinajstić information content (AvgIpc) is 2.35. The van der Waals surface area contributed by atoms with E-state index in [1.807, 2.05) is 24.3 Å². The van der Waals surface area contributed by atoms with E-state index in [1.54, 1.807) is 0 Å². The maximum atomic E-state index is 6.29. The molecular formula is C16H26ClNO. The van der Waals surface area contributed by atoms with Crippen LogP contribution in [0.4, 0.5) is 0 Å². The molecule has 0 aliphatic rings. The minimum atomic E-state index is 0.0117. The van der Waals surface area contributed by atoms with E-state index in [4.69, 9.17) is 16.3 Å². The largest absolute Gasteiger partial charge is 0.369 e. The van der Waals surface area contributed by atoms with Crippen molar-refractivity contribution < 1.29 is 4.74 Å². The minimum absolute atomic E-state index is 0.0117. The zero-order valence-corrected chi connectivity index (χ0v) is 13.2. The van der Waals surface area contributed by atoms with Crippen LogP contribution in [0.5, 0.6) is 0 Å². The lowest BCUT2D eigenvalue weighted by Gasteiger charge is -2.25. The topological polar surface area (TPSA) is 21.3 Å². The molecule has 0 bridgehead atoms. The number of halogens is 1. The van der Waals surface area contributed by atoms with Crippen LogP contribution in [0, 0.1) is 0 Å². The number of hydrogen-bond donors (Lipinski definition) is 1. The van der Waals surface area contributed by atoms with Gasteiger partial charge in [-0.05, 0) is 19.4 Å². The highest BCUT2D eigenvalue weighted by Gasteiger charge is 2.18.